The van der Waals surface area contributed by atoms with Crippen LogP contribution < -0.4 is 15.4 Å². The lowest BCUT2D eigenvalue weighted by Gasteiger charge is -2.36. The number of benzene rings is 2. The van der Waals surface area contributed by atoms with Crippen LogP contribution in [-0.2, 0) is 9.53 Å². The second-order valence-electron chi connectivity index (χ2n) is 9.56. The number of halogens is 2. The summed E-state index contributed by atoms with van der Waals surface area (Å²) in [6.45, 7) is 6.25. The van der Waals surface area contributed by atoms with E-state index in [-0.39, 0.29) is 5.02 Å². The number of aromatic nitrogens is 2. The summed E-state index contributed by atoms with van der Waals surface area (Å²) in [5, 5.41) is 6.29. The predicted octanol–water partition coefficient (Wildman–Crippen LogP) is 6.20. The molecule has 1 aromatic heterocycles. The van der Waals surface area contributed by atoms with Crippen LogP contribution >= 0.6 is 11.6 Å². The van der Waals surface area contributed by atoms with Crippen molar-refractivity contribution < 1.29 is 18.7 Å². The summed E-state index contributed by atoms with van der Waals surface area (Å²) >= 11 is 5.79. The van der Waals surface area contributed by atoms with E-state index in [9.17, 15) is 9.18 Å². The summed E-state index contributed by atoms with van der Waals surface area (Å²) in [7, 11) is 1.50. The van der Waals surface area contributed by atoms with Crippen LogP contribution in [0, 0.1) is 11.7 Å². The van der Waals surface area contributed by atoms with E-state index in [1.54, 1.807) is 18.2 Å². The summed E-state index contributed by atoms with van der Waals surface area (Å²) in [4.78, 5) is 21.8. The number of carbonyl (C=O) groups excluding carboxylic acids is 1. The normalized spacial score (nSPS) is 19.5. The van der Waals surface area contributed by atoms with Gasteiger partial charge in [-0.1, -0.05) is 36.6 Å². The average Bonchev–Trinajstić information content (AvgIpc) is 3.16. The van der Waals surface area contributed by atoms with Gasteiger partial charge in [-0.2, -0.15) is 0 Å². The first-order valence-corrected chi connectivity index (χ1v) is 13.6. The number of carbonyl (C=O) groups is 1. The number of hydrogen-bond donors (Lipinski definition) is 2. The van der Waals surface area contributed by atoms with Crippen LogP contribution in [0.25, 0.3) is 10.9 Å². The molecule has 2 heterocycles. The molecular formula is C29H35ClFN5O3. The lowest BCUT2D eigenvalue weighted by molar-refractivity contribution is -0.105. The molecule has 2 unspecified atom stereocenters. The van der Waals surface area contributed by atoms with Crippen molar-refractivity contribution in [3.8, 4) is 5.75 Å². The second-order valence-corrected chi connectivity index (χ2v) is 9.97. The topological polar surface area (TPSA) is 88.6 Å². The van der Waals surface area contributed by atoms with Gasteiger partial charge in [0.15, 0.2) is 0 Å². The number of nitrogens with zero attached hydrogens (tertiary/aromatic N) is 3. The smallest absolute Gasteiger partial charge is 0.211 e. The fraction of sp³-hybridized carbons (Fsp3) is 0.414. The Balaban J connectivity index is 0.000000202. The van der Waals surface area contributed by atoms with E-state index in [1.807, 2.05) is 0 Å². The first kappa shape index (κ1) is 28.7. The van der Waals surface area contributed by atoms with E-state index in [1.165, 1.54) is 51.3 Å². The molecule has 0 bridgehead atoms. The van der Waals surface area contributed by atoms with Crippen molar-refractivity contribution in [3.63, 3.8) is 0 Å². The van der Waals surface area contributed by atoms with Crippen LogP contribution in [0.5, 0.6) is 5.75 Å². The number of methoxy groups -OCH3 is 1. The number of anilines is 3. The van der Waals surface area contributed by atoms with Crippen LogP contribution in [0.2, 0.25) is 5.02 Å². The fourth-order valence-corrected chi connectivity index (χ4v) is 5.33. The maximum absolute atomic E-state index is 13.3. The Morgan fingerprint density at radius 3 is 2.85 bits per heavy atom. The molecule has 3 aromatic rings. The maximum Gasteiger partial charge on any atom is 0.211 e. The third kappa shape index (κ3) is 7.44. The average molecular weight is 556 g/mol. The Morgan fingerprint density at radius 2 is 2.08 bits per heavy atom. The zero-order valence-corrected chi connectivity index (χ0v) is 23.1. The van der Waals surface area contributed by atoms with Crippen LogP contribution in [0.1, 0.15) is 32.6 Å². The number of ether oxygens (including phenoxy) is 2. The van der Waals surface area contributed by atoms with Crippen molar-refractivity contribution in [2.45, 2.75) is 38.6 Å². The van der Waals surface area contributed by atoms with E-state index < -0.39 is 5.82 Å². The lowest BCUT2D eigenvalue weighted by Crippen LogP contribution is -2.42. The minimum Gasteiger partial charge on any atom is -0.494 e. The molecular weight excluding hydrogens is 521 g/mol. The van der Waals surface area contributed by atoms with Crippen molar-refractivity contribution in [2.75, 3.05) is 44.0 Å². The first-order chi connectivity index (χ1) is 19.0. The van der Waals surface area contributed by atoms with Crippen molar-refractivity contribution in [2.24, 2.45) is 5.92 Å². The summed E-state index contributed by atoms with van der Waals surface area (Å²) in [6.07, 6.45) is 11.9. The molecule has 39 heavy (non-hydrogen) atoms. The summed E-state index contributed by atoms with van der Waals surface area (Å²) in [5.74, 6) is 1.26. The van der Waals surface area contributed by atoms with Crippen LogP contribution in [0.15, 0.2) is 48.8 Å². The molecule has 1 aliphatic heterocycles. The molecule has 1 aliphatic carbocycles. The van der Waals surface area contributed by atoms with E-state index >= 15 is 0 Å². The van der Waals surface area contributed by atoms with Gasteiger partial charge in [0, 0.05) is 36.3 Å². The van der Waals surface area contributed by atoms with Crippen molar-refractivity contribution in [1.29, 1.82) is 0 Å². The molecule has 1 saturated heterocycles. The lowest BCUT2D eigenvalue weighted by atomic mass is 9.84. The Kier molecular flexibility index (Phi) is 10.5. The number of nitrogens with one attached hydrogen (secondary N) is 2. The molecule has 10 heteroatoms. The van der Waals surface area contributed by atoms with Gasteiger partial charge in [-0.3, -0.25) is 9.69 Å². The standard InChI is InChI=1S/C16H12ClFN4O2.C13H23NO/c1-24-15-6-13-10(5-14(15)21-8-23)16(20-7-19-13)22-9-2-3-12(18)11(17)4-9;1-2-3-8-14-9-10-15-11-12-6-4-5-7-13(12)14/h2-8H,1H3,(H,21,23)(H,19,20,22);2-3,12-13H,4-11H2,1H3/b;3-2+. The van der Waals surface area contributed by atoms with Gasteiger partial charge in [0.2, 0.25) is 6.41 Å². The first-order valence-electron chi connectivity index (χ1n) is 13.2. The number of fused-ring (bicyclic) bond motifs is 2. The summed E-state index contributed by atoms with van der Waals surface area (Å²) in [6, 6.07) is 8.43. The minimum absolute atomic E-state index is 0.00309. The quantitative estimate of drug-likeness (QED) is 0.265. The largest absolute Gasteiger partial charge is 0.494 e. The molecule has 2 N–H and O–H groups in total. The van der Waals surface area contributed by atoms with Crippen molar-refractivity contribution in [3.05, 3.63) is 59.7 Å². The molecule has 8 nitrogen and oxygen atoms in total. The van der Waals surface area contributed by atoms with Gasteiger partial charge in [-0.15, -0.1) is 0 Å². The molecule has 2 aliphatic rings. The van der Waals surface area contributed by atoms with E-state index in [4.69, 9.17) is 21.1 Å². The third-order valence-corrected chi connectivity index (χ3v) is 7.41. The monoisotopic (exact) mass is 555 g/mol. The highest BCUT2D eigenvalue weighted by Crippen LogP contribution is 2.33. The van der Waals surface area contributed by atoms with Gasteiger partial charge in [-0.05, 0) is 49.9 Å². The Labute approximate surface area is 233 Å². The number of allylic oxidation sites excluding steroid dienone is 1. The van der Waals surface area contributed by atoms with Crippen LogP contribution in [-0.4, -0.2) is 60.7 Å². The molecule has 2 fully saturated rings. The minimum atomic E-state index is -0.503. The molecule has 0 radical (unpaired) electrons. The Bertz CT molecular complexity index is 1290. The highest BCUT2D eigenvalue weighted by atomic mass is 35.5. The van der Waals surface area contributed by atoms with Crippen molar-refractivity contribution in [1.82, 2.24) is 14.9 Å². The van der Waals surface area contributed by atoms with Gasteiger partial charge in [-0.25, -0.2) is 14.4 Å². The SMILES string of the molecule is C/C=C/CN1CCOCC2CCCCC21.COc1cc2ncnc(Nc3ccc(F)c(Cl)c3)c2cc1NC=O. The zero-order valence-electron chi connectivity index (χ0n) is 22.3. The molecule has 2 atom stereocenters. The van der Waals surface area contributed by atoms with Crippen molar-refractivity contribution >= 4 is 46.1 Å². The molecule has 1 amide bonds. The molecule has 0 spiro atoms. The van der Waals surface area contributed by atoms with Gasteiger partial charge >= 0.3 is 0 Å². The number of hydrogen-bond acceptors (Lipinski definition) is 7. The van der Waals surface area contributed by atoms with Gasteiger partial charge in [0.1, 0.15) is 23.7 Å². The van der Waals surface area contributed by atoms with E-state index in [0.29, 0.717) is 40.3 Å². The molecule has 1 saturated carbocycles. The maximum atomic E-state index is 13.3. The summed E-state index contributed by atoms with van der Waals surface area (Å²) < 4.78 is 24.2. The third-order valence-electron chi connectivity index (χ3n) is 7.12. The highest BCUT2D eigenvalue weighted by molar-refractivity contribution is 6.31. The number of amides is 1. The van der Waals surface area contributed by atoms with Crippen LogP contribution in [0.3, 0.4) is 0 Å². The van der Waals surface area contributed by atoms with Gasteiger partial charge in [0.05, 0.1) is 36.6 Å². The molecule has 5 rings (SSSR count). The van der Waals surface area contributed by atoms with E-state index in [0.717, 1.165) is 38.3 Å². The zero-order chi connectivity index (χ0) is 27.6. The molecule has 2 aromatic carbocycles. The summed E-state index contributed by atoms with van der Waals surface area (Å²) in [5.41, 5.74) is 1.67. The Hall–Kier alpha value is -3.27. The Morgan fingerprint density at radius 1 is 1.23 bits per heavy atom. The highest BCUT2D eigenvalue weighted by Gasteiger charge is 2.31. The predicted molar refractivity (Wildman–Crippen MR) is 153 cm³/mol. The van der Waals surface area contributed by atoms with Gasteiger partial charge in [0.25, 0.3) is 0 Å². The number of rotatable bonds is 7. The van der Waals surface area contributed by atoms with E-state index in [2.05, 4.69) is 44.6 Å². The second kappa shape index (κ2) is 14.2. The van der Waals surface area contributed by atoms with Crippen LogP contribution in [0.4, 0.5) is 21.6 Å². The molecule has 208 valence electrons. The fourth-order valence-electron chi connectivity index (χ4n) is 5.15. The van der Waals surface area contributed by atoms with Gasteiger partial charge < -0.3 is 20.1 Å².